The van der Waals surface area contributed by atoms with Gasteiger partial charge in [-0.05, 0) is 77.0 Å². The Hall–Kier alpha value is -2.03. The van der Waals surface area contributed by atoms with E-state index in [4.69, 9.17) is 18.5 Å². The Bertz CT molecular complexity index is 1100. The van der Waals surface area contributed by atoms with Crippen molar-refractivity contribution in [3.05, 3.63) is 48.6 Å². The fourth-order valence-corrected chi connectivity index (χ4v) is 6.50. The Labute approximate surface area is 343 Å². The summed E-state index contributed by atoms with van der Waals surface area (Å²) >= 11 is 0. The van der Waals surface area contributed by atoms with E-state index < -0.39 is 32.5 Å². The van der Waals surface area contributed by atoms with E-state index in [1.807, 2.05) is 21.1 Å². The molecule has 0 saturated heterocycles. The van der Waals surface area contributed by atoms with Crippen molar-refractivity contribution in [2.24, 2.45) is 0 Å². The van der Waals surface area contributed by atoms with Crippen molar-refractivity contribution in [2.75, 3.05) is 47.5 Å². The summed E-state index contributed by atoms with van der Waals surface area (Å²) in [7, 11) is 1.14. The maximum Gasteiger partial charge on any atom is 0.306 e. The molecule has 0 radical (unpaired) electrons. The van der Waals surface area contributed by atoms with E-state index in [0.29, 0.717) is 17.4 Å². The van der Waals surface area contributed by atoms with Crippen LogP contribution in [-0.2, 0) is 32.7 Å². The van der Waals surface area contributed by atoms with Gasteiger partial charge in [-0.1, -0.05) is 140 Å². The molecule has 0 aromatic rings. The number of allylic oxidation sites excluding steroid dienone is 8. The number of unbranched alkanes of at least 4 members (excludes halogenated alkanes) is 18. The molecule has 0 aliphatic carbocycles. The third kappa shape index (κ3) is 41.6. The van der Waals surface area contributed by atoms with Gasteiger partial charge in [-0.25, -0.2) is 0 Å². The van der Waals surface area contributed by atoms with Gasteiger partial charge in [0.15, 0.2) is 6.10 Å². The van der Waals surface area contributed by atoms with E-state index in [1.54, 1.807) is 0 Å². The first-order chi connectivity index (χ1) is 27.0. The third-order valence-corrected chi connectivity index (χ3v) is 10.3. The second-order valence-electron chi connectivity index (χ2n) is 16.1. The van der Waals surface area contributed by atoms with E-state index in [0.717, 1.165) is 70.6 Å². The summed E-state index contributed by atoms with van der Waals surface area (Å²) < 4.78 is 33.9. The SMILES string of the molecule is CCCCC/C=C\C/C=C\C/C=C\CCCCCCC(=O)O[C@H](COC(=O)CCCCCCCCC/C=C\CCCCCC)COP(=O)([O-])OCC[N+](C)(C)C. The van der Waals surface area contributed by atoms with Crippen molar-refractivity contribution >= 4 is 19.8 Å². The van der Waals surface area contributed by atoms with Crippen LogP contribution in [0.15, 0.2) is 48.6 Å². The molecule has 0 aliphatic rings. The molecule has 326 valence electrons. The summed E-state index contributed by atoms with van der Waals surface area (Å²) in [6.07, 6.45) is 44.1. The van der Waals surface area contributed by atoms with Gasteiger partial charge in [0, 0.05) is 12.8 Å². The lowest BCUT2D eigenvalue weighted by Crippen LogP contribution is -2.37. The standard InChI is InChI=1S/C46H84NO8P/c1-6-8-10-12-14-16-18-20-22-23-25-27-29-31-33-35-37-39-46(49)55-44(43-54-56(50,51)53-41-40-47(3,4)5)42-52-45(48)38-36-34-32-30-28-26-24-21-19-17-15-13-11-9-7-2/h14,16-17,19-20,22,25,27,44H,6-13,15,18,21,23-24,26,28-43H2,1-5H3/b16-14-,19-17-,22-20-,27-25-/t44-/m1/s1. The molecule has 9 nitrogen and oxygen atoms in total. The van der Waals surface area contributed by atoms with Gasteiger partial charge in [-0.2, -0.15) is 0 Å². The minimum absolute atomic E-state index is 0.0374. The highest BCUT2D eigenvalue weighted by Gasteiger charge is 2.21. The maximum absolute atomic E-state index is 12.7. The van der Waals surface area contributed by atoms with Crippen molar-refractivity contribution in [3.63, 3.8) is 0 Å². The highest BCUT2D eigenvalue weighted by Crippen LogP contribution is 2.38. The summed E-state index contributed by atoms with van der Waals surface area (Å²) in [6, 6.07) is 0. The fourth-order valence-electron chi connectivity index (χ4n) is 5.77. The first-order valence-electron chi connectivity index (χ1n) is 22.3. The van der Waals surface area contributed by atoms with Crippen LogP contribution in [0.5, 0.6) is 0 Å². The van der Waals surface area contributed by atoms with E-state index in [1.165, 1.54) is 77.0 Å². The van der Waals surface area contributed by atoms with Crippen LogP contribution in [-0.4, -0.2) is 70.0 Å². The van der Waals surface area contributed by atoms with Crippen LogP contribution in [0.3, 0.4) is 0 Å². The lowest BCUT2D eigenvalue weighted by atomic mass is 10.1. The van der Waals surface area contributed by atoms with Gasteiger partial charge in [-0.3, -0.25) is 14.2 Å². The zero-order valence-electron chi connectivity index (χ0n) is 36.6. The molecule has 0 aromatic carbocycles. The Morgan fingerprint density at radius 3 is 1.48 bits per heavy atom. The topological polar surface area (TPSA) is 111 Å². The van der Waals surface area contributed by atoms with Crippen molar-refractivity contribution in [1.29, 1.82) is 0 Å². The maximum atomic E-state index is 12.7. The van der Waals surface area contributed by atoms with Gasteiger partial charge in [0.05, 0.1) is 27.7 Å². The van der Waals surface area contributed by atoms with Gasteiger partial charge in [0.25, 0.3) is 7.82 Å². The number of hydrogen-bond donors (Lipinski definition) is 0. The number of hydrogen-bond acceptors (Lipinski definition) is 8. The Morgan fingerprint density at radius 1 is 0.554 bits per heavy atom. The van der Waals surface area contributed by atoms with Gasteiger partial charge in [-0.15, -0.1) is 0 Å². The minimum Gasteiger partial charge on any atom is -0.756 e. The molecular weight excluding hydrogens is 725 g/mol. The van der Waals surface area contributed by atoms with Crippen LogP contribution in [0, 0.1) is 0 Å². The first-order valence-corrected chi connectivity index (χ1v) is 23.8. The summed E-state index contributed by atoms with van der Waals surface area (Å²) in [5.41, 5.74) is 0. The molecule has 0 N–H and O–H groups in total. The molecule has 0 rings (SSSR count). The average Bonchev–Trinajstić information content (AvgIpc) is 3.15. The van der Waals surface area contributed by atoms with Gasteiger partial charge in [0.2, 0.25) is 0 Å². The molecule has 0 spiro atoms. The van der Waals surface area contributed by atoms with Gasteiger partial charge >= 0.3 is 11.9 Å². The zero-order valence-corrected chi connectivity index (χ0v) is 37.5. The molecule has 0 saturated carbocycles. The largest absolute Gasteiger partial charge is 0.756 e. The molecule has 1 unspecified atom stereocenters. The van der Waals surface area contributed by atoms with E-state index in [-0.39, 0.29) is 26.1 Å². The molecular formula is C46H84NO8P. The molecule has 0 aromatic heterocycles. The number of esters is 2. The fraction of sp³-hybridized carbons (Fsp3) is 0.783. The predicted molar refractivity (Wildman–Crippen MR) is 231 cm³/mol. The third-order valence-electron chi connectivity index (χ3n) is 9.32. The molecule has 0 bridgehead atoms. The van der Waals surface area contributed by atoms with Crippen LogP contribution in [0.1, 0.15) is 181 Å². The van der Waals surface area contributed by atoms with Crippen molar-refractivity contribution in [3.8, 4) is 0 Å². The monoisotopic (exact) mass is 810 g/mol. The van der Waals surface area contributed by atoms with E-state index >= 15 is 0 Å². The molecule has 0 aliphatic heterocycles. The van der Waals surface area contributed by atoms with Crippen molar-refractivity contribution in [1.82, 2.24) is 0 Å². The average molecular weight is 810 g/mol. The first kappa shape index (κ1) is 54.0. The Balaban J connectivity index is 4.41. The smallest absolute Gasteiger partial charge is 0.306 e. The van der Waals surface area contributed by atoms with Crippen molar-refractivity contribution in [2.45, 2.75) is 187 Å². The number of carbonyl (C=O) groups is 2. The number of rotatable bonds is 40. The Kier molecular flexibility index (Phi) is 37.1. The number of nitrogens with zero attached hydrogens (tertiary/aromatic N) is 1. The lowest BCUT2D eigenvalue weighted by Gasteiger charge is -2.28. The summed E-state index contributed by atoms with van der Waals surface area (Å²) in [4.78, 5) is 37.5. The normalized spacial score (nSPS) is 14.0. The van der Waals surface area contributed by atoms with Crippen molar-refractivity contribution < 1.29 is 42.1 Å². The van der Waals surface area contributed by atoms with Gasteiger partial charge < -0.3 is 27.9 Å². The highest BCUT2D eigenvalue weighted by molar-refractivity contribution is 7.45. The quantitative estimate of drug-likeness (QED) is 0.0198. The lowest BCUT2D eigenvalue weighted by molar-refractivity contribution is -0.870. The van der Waals surface area contributed by atoms with Crippen LogP contribution >= 0.6 is 7.82 Å². The molecule has 0 heterocycles. The number of ether oxygens (including phenoxy) is 2. The van der Waals surface area contributed by atoms with Gasteiger partial charge in [0.1, 0.15) is 19.8 Å². The Morgan fingerprint density at radius 2 is 0.964 bits per heavy atom. The summed E-state index contributed by atoms with van der Waals surface area (Å²) in [6.45, 7) is 4.15. The van der Waals surface area contributed by atoms with E-state index in [9.17, 15) is 19.0 Å². The summed E-state index contributed by atoms with van der Waals surface area (Å²) in [5.74, 6) is -0.866. The number of phosphoric ester groups is 1. The minimum atomic E-state index is -4.63. The van der Waals surface area contributed by atoms with Crippen LogP contribution < -0.4 is 4.89 Å². The highest BCUT2D eigenvalue weighted by atomic mass is 31.2. The van der Waals surface area contributed by atoms with Crippen LogP contribution in [0.4, 0.5) is 0 Å². The zero-order chi connectivity index (χ0) is 41.4. The number of carbonyl (C=O) groups excluding carboxylic acids is 2. The molecule has 10 heteroatoms. The number of quaternary nitrogens is 1. The summed E-state index contributed by atoms with van der Waals surface area (Å²) in [5, 5.41) is 0. The molecule has 0 amide bonds. The second-order valence-corrected chi connectivity index (χ2v) is 17.5. The second kappa shape index (κ2) is 38.5. The number of likely N-dealkylation sites (N-methyl/N-ethyl adjacent to an activating group) is 1. The molecule has 0 fully saturated rings. The molecule has 56 heavy (non-hydrogen) atoms. The van der Waals surface area contributed by atoms with Crippen LogP contribution in [0.25, 0.3) is 0 Å². The van der Waals surface area contributed by atoms with E-state index in [2.05, 4.69) is 62.5 Å². The molecule has 2 atom stereocenters. The number of phosphoric acid groups is 1. The predicted octanol–water partition coefficient (Wildman–Crippen LogP) is 12.1. The van der Waals surface area contributed by atoms with Crippen LogP contribution in [0.2, 0.25) is 0 Å².